The van der Waals surface area contributed by atoms with E-state index in [9.17, 15) is 8.42 Å². The van der Waals surface area contributed by atoms with Crippen molar-refractivity contribution in [1.82, 2.24) is 10.0 Å². The number of hydrogen-bond acceptors (Lipinski definition) is 4. The summed E-state index contributed by atoms with van der Waals surface area (Å²) < 4.78 is 32.8. The lowest BCUT2D eigenvalue weighted by Crippen LogP contribution is -2.27. The molecule has 2 atom stereocenters. The van der Waals surface area contributed by atoms with E-state index in [1.165, 1.54) is 12.8 Å². The Labute approximate surface area is 126 Å². The van der Waals surface area contributed by atoms with Crippen molar-refractivity contribution < 1.29 is 13.2 Å². The van der Waals surface area contributed by atoms with Crippen molar-refractivity contribution in [2.45, 2.75) is 49.7 Å². The molecule has 2 aliphatic rings. The lowest BCUT2D eigenvalue weighted by atomic mass is 10.2. The molecular formula is C15H22N2O3S. The normalized spacial score (nSPS) is 24.9. The highest BCUT2D eigenvalue weighted by Crippen LogP contribution is 2.31. The highest BCUT2D eigenvalue weighted by atomic mass is 32.2. The molecule has 0 aliphatic heterocycles. The van der Waals surface area contributed by atoms with Crippen molar-refractivity contribution in [3.63, 3.8) is 0 Å². The molecule has 2 aliphatic carbocycles. The van der Waals surface area contributed by atoms with Crippen LogP contribution < -0.4 is 14.8 Å². The predicted octanol–water partition coefficient (Wildman–Crippen LogP) is 1.63. The minimum Gasteiger partial charge on any atom is -0.496 e. The van der Waals surface area contributed by atoms with Gasteiger partial charge in [-0.1, -0.05) is 6.92 Å². The standard InChI is InChI=1S/C15H22N2O3S/c1-10-7-14(10)17-21(18,19)13-5-6-15(20-2)11(8-13)9-16-12-3-4-12/h5-6,8,10,12,14,16-17H,3-4,7,9H2,1-2H3. The number of ether oxygens (including phenoxy) is 1. The monoisotopic (exact) mass is 310 g/mol. The molecule has 2 N–H and O–H groups in total. The second-order valence-electron chi connectivity index (χ2n) is 6.07. The summed E-state index contributed by atoms with van der Waals surface area (Å²) in [6, 6.07) is 5.71. The van der Waals surface area contributed by atoms with Gasteiger partial charge in [0.2, 0.25) is 10.0 Å². The maximum Gasteiger partial charge on any atom is 0.240 e. The summed E-state index contributed by atoms with van der Waals surface area (Å²) in [4.78, 5) is 0.315. The van der Waals surface area contributed by atoms with Crippen LogP contribution in [0.4, 0.5) is 0 Å². The highest BCUT2D eigenvalue weighted by molar-refractivity contribution is 7.89. The van der Waals surface area contributed by atoms with Gasteiger partial charge < -0.3 is 10.1 Å². The van der Waals surface area contributed by atoms with E-state index in [-0.39, 0.29) is 6.04 Å². The van der Waals surface area contributed by atoms with Crippen LogP contribution in [0.3, 0.4) is 0 Å². The summed E-state index contributed by atoms with van der Waals surface area (Å²) >= 11 is 0. The van der Waals surface area contributed by atoms with E-state index < -0.39 is 10.0 Å². The fourth-order valence-electron chi connectivity index (χ4n) is 2.36. The quantitative estimate of drug-likeness (QED) is 0.803. The number of benzene rings is 1. The Morgan fingerprint density at radius 3 is 2.62 bits per heavy atom. The summed E-state index contributed by atoms with van der Waals surface area (Å²) in [6.07, 6.45) is 3.31. The van der Waals surface area contributed by atoms with Crippen molar-refractivity contribution in [1.29, 1.82) is 0 Å². The molecule has 2 saturated carbocycles. The molecule has 0 radical (unpaired) electrons. The molecule has 5 nitrogen and oxygen atoms in total. The van der Waals surface area contributed by atoms with Gasteiger partial charge in [-0.2, -0.15) is 0 Å². The third-order valence-corrected chi connectivity index (χ3v) is 5.62. The minimum atomic E-state index is -3.43. The zero-order valence-electron chi connectivity index (χ0n) is 12.4. The van der Waals surface area contributed by atoms with Crippen LogP contribution in [0.2, 0.25) is 0 Å². The summed E-state index contributed by atoms with van der Waals surface area (Å²) in [6.45, 7) is 2.68. The molecule has 1 aromatic carbocycles. The lowest BCUT2D eigenvalue weighted by Gasteiger charge is -2.12. The minimum absolute atomic E-state index is 0.0881. The summed E-state index contributed by atoms with van der Waals surface area (Å²) in [5.41, 5.74) is 0.885. The Bertz CT molecular complexity index is 626. The van der Waals surface area contributed by atoms with Gasteiger partial charge in [-0.3, -0.25) is 0 Å². The van der Waals surface area contributed by atoms with Crippen LogP contribution in [0.15, 0.2) is 23.1 Å². The topological polar surface area (TPSA) is 67.4 Å². The molecule has 6 heteroatoms. The molecule has 0 amide bonds. The first-order chi connectivity index (χ1) is 9.99. The molecule has 0 saturated heterocycles. The third kappa shape index (κ3) is 3.56. The second-order valence-corrected chi connectivity index (χ2v) is 7.78. The van der Waals surface area contributed by atoms with E-state index in [1.54, 1.807) is 25.3 Å². The van der Waals surface area contributed by atoms with E-state index in [2.05, 4.69) is 10.0 Å². The molecule has 0 spiro atoms. The van der Waals surface area contributed by atoms with Crippen LogP contribution in [0.25, 0.3) is 0 Å². The third-order valence-electron chi connectivity index (χ3n) is 4.14. The maximum atomic E-state index is 12.4. The van der Waals surface area contributed by atoms with Gasteiger partial charge in [0.15, 0.2) is 0 Å². The van der Waals surface area contributed by atoms with Gasteiger partial charge in [0.1, 0.15) is 5.75 Å². The van der Waals surface area contributed by atoms with Crippen LogP contribution in [-0.2, 0) is 16.6 Å². The number of nitrogens with one attached hydrogen (secondary N) is 2. The van der Waals surface area contributed by atoms with Crippen LogP contribution in [0, 0.1) is 5.92 Å². The van der Waals surface area contributed by atoms with E-state index in [1.807, 2.05) is 6.92 Å². The molecule has 0 bridgehead atoms. The number of sulfonamides is 1. The van der Waals surface area contributed by atoms with Gasteiger partial charge in [-0.25, -0.2) is 13.1 Å². The van der Waals surface area contributed by atoms with Crippen LogP contribution in [0.1, 0.15) is 31.7 Å². The van der Waals surface area contributed by atoms with Gasteiger partial charge in [-0.15, -0.1) is 0 Å². The van der Waals surface area contributed by atoms with Crippen LogP contribution in [-0.4, -0.2) is 27.6 Å². The van der Waals surface area contributed by atoms with Crippen molar-refractivity contribution in [2.75, 3.05) is 7.11 Å². The SMILES string of the molecule is COc1ccc(S(=O)(=O)NC2CC2C)cc1CNC1CC1. The van der Waals surface area contributed by atoms with Gasteiger partial charge >= 0.3 is 0 Å². The molecule has 3 rings (SSSR count). The number of methoxy groups -OCH3 is 1. The molecule has 21 heavy (non-hydrogen) atoms. The molecule has 1 aromatic rings. The van der Waals surface area contributed by atoms with Gasteiger partial charge in [0.25, 0.3) is 0 Å². The Morgan fingerprint density at radius 1 is 1.33 bits per heavy atom. The van der Waals surface area contributed by atoms with Crippen molar-refractivity contribution >= 4 is 10.0 Å². The van der Waals surface area contributed by atoms with Crippen molar-refractivity contribution in [3.8, 4) is 5.75 Å². The Morgan fingerprint density at radius 2 is 2.05 bits per heavy atom. The zero-order valence-corrected chi connectivity index (χ0v) is 13.2. The van der Waals surface area contributed by atoms with E-state index >= 15 is 0 Å². The Balaban J connectivity index is 1.79. The fraction of sp³-hybridized carbons (Fsp3) is 0.600. The summed E-state index contributed by atoms with van der Waals surface area (Å²) in [7, 11) is -1.83. The fourth-order valence-corrected chi connectivity index (χ4v) is 3.76. The Hall–Kier alpha value is -1.11. The average Bonchev–Trinajstić information content (AvgIpc) is 3.36. The van der Waals surface area contributed by atoms with Crippen LogP contribution >= 0.6 is 0 Å². The molecule has 0 aromatic heterocycles. The average molecular weight is 310 g/mol. The molecule has 2 fully saturated rings. The van der Waals surface area contributed by atoms with Crippen molar-refractivity contribution in [2.24, 2.45) is 5.92 Å². The van der Waals surface area contributed by atoms with Crippen molar-refractivity contribution in [3.05, 3.63) is 23.8 Å². The first kappa shape index (κ1) is 14.8. The molecule has 0 heterocycles. The maximum absolute atomic E-state index is 12.4. The van der Waals surface area contributed by atoms with Gasteiger partial charge in [-0.05, 0) is 43.4 Å². The van der Waals surface area contributed by atoms with Gasteiger partial charge in [0.05, 0.1) is 12.0 Å². The smallest absolute Gasteiger partial charge is 0.240 e. The molecule has 116 valence electrons. The largest absolute Gasteiger partial charge is 0.496 e. The van der Waals surface area contributed by atoms with Crippen LogP contribution in [0.5, 0.6) is 5.75 Å². The van der Waals surface area contributed by atoms with Gasteiger partial charge in [0, 0.05) is 24.2 Å². The van der Waals surface area contributed by atoms with E-state index in [4.69, 9.17) is 4.74 Å². The highest BCUT2D eigenvalue weighted by Gasteiger charge is 2.36. The lowest BCUT2D eigenvalue weighted by molar-refractivity contribution is 0.407. The second kappa shape index (κ2) is 5.59. The van der Waals surface area contributed by atoms with E-state index in [0.29, 0.717) is 23.4 Å². The predicted molar refractivity (Wildman–Crippen MR) is 80.7 cm³/mol. The first-order valence-electron chi connectivity index (χ1n) is 7.42. The Kier molecular flexibility index (Phi) is 3.94. The zero-order chi connectivity index (χ0) is 15.0. The first-order valence-corrected chi connectivity index (χ1v) is 8.90. The molecule has 2 unspecified atom stereocenters. The summed E-state index contributed by atoms with van der Waals surface area (Å²) in [5, 5.41) is 3.39. The number of rotatable bonds is 7. The number of hydrogen-bond donors (Lipinski definition) is 2. The summed E-state index contributed by atoms with van der Waals surface area (Å²) in [5.74, 6) is 1.16. The van der Waals surface area contributed by atoms with E-state index in [0.717, 1.165) is 17.7 Å². The molecular weight excluding hydrogens is 288 g/mol.